The van der Waals surface area contributed by atoms with E-state index >= 15 is 0 Å². The Kier molecular flexibility index (Phi) is 4.60. The Hall–Kier alpha value is -2.24. The first kappa shape index (κ1) is 13.2. The molecule has 19 heavy (non-hydrogen) atoms. The van der Waals surface area contributed by atoms with Crippen LogP contribution in [0, 0.1) is 0 Å². The second-order valence-electron chi connectivity index (χ2n) is 3.88. The molecule has 5 nitrogen and oxygen atoms in total. The van der Waals surface area contributed by atoms with Gasteiger partial charge in [0.05, 0.1) is 0 Å². The van der Waals surface area contributed by atoms with Crippen LogP contribution in [-0.4, -0.2) is 28.6 Å². The number of carbonyl (C=O) groups is 1. The molecule has 0 aliphatic rings. The van der Waals surface area contributed by atoms with E-state index in [-0.39, 0.29) is 18.1 Å². The van der Waals surface area contributed by atoms with Crippen LogP contribution in [0.15, 0.2) is 54.7 Å². The molecule has 0 saturated heterocycles. The number of pyridine rings is 1. The number of hydrogen-bond acceptors (Lipinski definition) is 5. The fourth-order valence-corrected chi connectivity index (χ4v) is 1.55. The zero-order chi connectivity index (χ0) is 13.5. The van der Waals surface area contributed by atoms with E-state index in [1.165, 1.54) is 6.20 Å². The monoisotopic (exact) mass is 258 g/mol. The molecule has 0 bridgehead atoms. The third-order valence-corrected chi connectivity index (χ3v) is 2.55. The van der Waals surface area contributed by atoms with E-state index in [4.69, 9.17) is 9.94 Å². The Morgan fingerprint density at radius 2 is 1.95 bits per heavy atom. The lowest BCUT2D eigenvalue weighted by Gasteiger charge is -2.14. The number of ketones is 1. The molecule has 1 aromatic heterocycles. The molecule has 1 heterocycles. The van der Waals surface area contributed by atoms with E-state index < -0.39 is 6.04 Å². The van der Waals surface area contributed by atoms with Crippen molar-refractivity contribution in [2.24, 2.45) is 0 Å². The van der Waals surface area contributed by atoms with Crippen LogP contribution in [0.1, 0.15) is 10.5 Å². The fraction of sp³-hybridized carbons (Fsp3) is 0.143. The first-order valence-electron chi connectivity index (χ1n) is 5.84. The smallest absolute Gasteiger partial charge is 0.203 e. The lowest BCUT2D eigenvalue weighted by molar-refractivity contribution is 0.0661. The van der Waals surface area contributed by atoms with Gasteiger partial charge in [-0.2, -0.15) is 5.48 Å². The van der Waals surface area contributed by atoms with E-state index in [0.29, 0.717) is 5.75 Å². The molecule has 1 atom stereocenters. The molecule has 0 saturated carbocycles. The minimum Gasteiger partial charge on any atom is -0.491 e. The maximum absolute atomic E-state index is 12.0. The summed E-state index contributed by atoms with van der Waals surface area (Å²) >= 11 is 0. The number of rotatable bonds is 6. The molecule has 0 unspecified atom stereocenters. The predicted octanol–water partition coefficient (Wildman–Crippen LogP) is 1.69. The van der Waals surface area contributed by atoms with Crippen LogP contribution < -0.4 is 10.2 Å². The molecule has 0 spiro atoms. The van der Waals surface area contributed by atoms with Gasteiger partial charge in [0.2, 0.25) is 5.78 Å². The predicted molar refractivity (Wildman–Crippen MR) is 69.2 cm³/mol. The Labute approximate surface area is 110 Å². The van der Waals surface area contributed by atoms with Crippen molar-refractivity contribution in [2.45, 2.75) is 6.04 Å². The van der Waals surface area contributed by atoms with Crippen LogP contribution in [0.4, 0.5) is 0 Å². The van der Waals surface area contributed by atoms with E-state index in [0.717, 1.165) is 0 Å². The van der Waals surface area contributed by atoms with Crippen molar-refractivity contribution in [1.82, 2.24) is 10.5 Å². The number of para-hydroxylation sites is 1. The average molecular weight is 258 g/mol. The average Bonchev–Trinajstić information content (AvgIpc) is 2.49. The third-order valence-electron chi connectivity index (χ3n) is 2.55. The summed E-state index contributed by atoms with van der Waals surface area (Å²) in [5.74, 6) is 0.315. The lowest BCUT2D eigenvalue weighted by Crippen LogP contribution is -2.40. The standard InChI is InChI=1S/C14H14N2O3/c17-14(12-8-4-5-9-15-12)13(16-18)10-19-11-6-2-1-3-7-11/h1-9,13,16,18H,10H2/t13-/m0/s1. The zero-order valence-corrected chi connectivity index (χ0v) is 10.2. The number of nitrogens with zero attached hydrogens (tertiary/aromatic N) is 1. The summed E-state index contributed by atoms with van der Waals surface area (Å²) in [4.78, 5) is 16.0. The highest BCUT2D eigenvalue weighted by atomic mass is 16.5. The van der Waals surface area contributed by atoms with Crippen molar-refractivity contribution in [3.05, 3.63) is 60.4 Å². The highest BCUT2D eigenvalue weighted by Gasteiger charge is 2.21. The molecule has 5 heteroatoms. The van der Waals surface area contributed by atoms with Gasteiger partial charge in [-0.1, -0.05) is 24.3 Å². The molecule has 0 aliphatic heterocycles. The summed E-state index contributed by atoms with van der Waals surface area (Å²) in [6.45, 7) is 0.0237. The molecule has 2 rings (SSSR count). The van der Waals surface area contributed by atoms with Crippen LogP contribution >= 0.6 is 0 Å². The topological polar surface area (TPSA) is 71.5 Å². The largest absolute Gasteiger partial charge is 0.491 e. The zero-order valence-electron chi connectivity index (χ0n) is 10.2. The number of nitrogens with one attached hydrogen (secondary N) is 1. The molecule has 0 radical (unpaired) electrons. The van der Waals surface area contributed by atoms with Crippen LogP contribution in [0.2, 0.25) is 0 Å². The van der Waals surface area contributed by atoms with Crippen LogP contribution in [0.3, 0.4) is 0 Å². The van der Waals surface area contributed by atoms with Crippen LogP contribution in [0.25, 0.3) is 0 Å². The second kappa shape index (κ2) is 6.63. The summed E-state index contributed by atoms with van der Waals surface area (Å²) < 4.78 is 5.43. The lowest BCUT2D eigenvalue weighted by atomic mass is 10.1. The van der Waals surface area contributed by atoms with E-state index in [1.807, 2.05) is 23.7 Å². The molecule has 1 aromatic carbocycles. The van der Waals surface area contributed by atoms with Gasteiger partial charge in [-0.05, 0) is 24.3 Å². The third kappa shape index (κ3) is 3.61. The normalized spacial score (nSPS) is 11.8. The highest BCUT2D eigenvalue weighted by molar-refractivity contribution is 5.98. The van der Waals surface area contributed by atoms with Gasteiger partial charge >= 0.3 is 0 Å². The summed E-state index contributed by atoms with van der Waals surface area (Å²) in [5, 5.41) is 9.06. The molecular weight excluding hydrogens is 244 g/mol. The molecule has 2 aromatic rings. The summed E-state index contributed by atoms with van der Waals surface area (Å²) in [6, 6.07) is 13.3. The van der Waals surface area contributed by atoms with Gasteiger partial charge in [0, 0.05) is 6.20 Å². The molecule has 2 N–H and O–H groups in total. The van der Waals surface area contributed by atoms with Crippen molar-refractivity contribution < 1.29 is 14.7 Å². The summed E-state index contributed by atoms with van der Waals surface area (Å²) in [7, 11) is 0. The molecule has 0 amide bonds. The number of hydroxylamine groups is 1. The van der Waals surface area contributed by atoms with Crippen LogP contribution in [-0.2, 0) is 0 Å². The van der Waals surface area contributed by atoms with Gasteiger partial charge in [-0.3, -0.25) is 9.78 Å². The minimum atomic E-state index is -0.852. The quantitative estimate of drug-likeness (QED) is 0.609. The number of ether oxygens (including phenoxy) is 1. The number of hydrogen-bond donors (Lipinski definition) is 2. The van der Waals surface area contributed by atoms with Gasteiger partial charge in [-0.15, -0.1) is 0 Å². The summed E-state index contributed by atoms with van der Waals surface area (Å²) in [5.41, 5.74) is 2.24. The Morgan fingerprint density at radius 3 is 2.58 bits per heavy atom. The van der Waals surface area contributed by atoms with Crippen LogP contribution in [0.5, 0.6) is 5.75 Å². The second-order valence-corrected chi connectivity index (χ2v) is 3.88. The highest BCUT2D eigenvalue weighted by Crippen LogP contribution is 2.09. The maximum Gasteiger partial charge on any atom is 0.203 e. The van der Waals surface area contributed by atoms with Crippen molar-refractivity contribution >= 4 is 5.78 Å². The molecule has 0 aliphatic carbocycles. The maximum atomic E-state index is 12.0. The van der Waals surface area contributed by atoms with Crippen molar-refractivity contribution in [3.63, 3.8) is 0 Å². The van der Waals surface area contributed by atoms with Gasteiger partial charge in [0.1, 0.15) is 24.1 Å². The first-order valence-corrected chi connectivity index (χ1v) is 5.84. The van der Waals surface area contributed by atoms with Gasteiger partial charge < -0.3 is 9.94 Å². The van der Waals surface area contributed by atoms with Crippen molar-refractivity contribution in [2.75, 3.05) is 6.61 Å². The van der Waals surface area contributed by atoms with Gasteiger partial charge in [0.15, 0.2) is 0 Å². The minimum absolute atomic E-state index is 0.0237. The number of Topliss-reactive ketones (excluding diaryl/α,β-unsaturated/α-hetero) is 1. The molecule has 0 fully saturated rings. The number of carbonyl (C=O) groups excluding carboxylic acids is 1. The van der Waals surface area contributed by atoms with Crippen molar-refractivity contribution in [1.29, 1.82) is 0 Å². The van der Waals surface area contributed by atoms with Gasteiger partial charge in [-0.25, -0.2) is 0 Å². The SMILES string of the molecule is O=C(c1ccccn1)[C@H](COc1ccccc1)NO. The Morgan fingerprint density at radius 1 is 1.21 bits per heavy atom. The molecule has 98 valence electrons. The van der Waals surface area contributed by atoms with Gasteiger partial charge in [0.25, 0.3) is 0 Å². The van der Waals surface area contributed by atoms with E-state index in [1.54, 1.807) is 30.3 Å². The molecular formula is C14H14N2O3. The number of aromatic nitrogens is 1. The van der Waals surface area contributed by atoms with Crippen molar-refractivity contribution in [3.8, 4) is 5.75 Å². The fourth-order valence-electron chi connectivity index (χ4n) is 1.55. The summed E-state index contributed by atoms with van der Waals surface area (Å²) in [6.07, 6.45) is 1.53. The van der Waals surface area contributed by atoms with E-state index in [9.17, 15) is 4.79 Å². The Balaban J connectivity index is 1.99. The van der Waals surface area contributed by atoms with E-state index in [2.05, 4.69) is 4.98 Å². The Bertz CT molecular complexity index is 517. The first-order chi connectivity index (χ1) is 9.31. The number of benzene rings is 1.